The number of aryl methyl sites for hydroxylation is 1. The van der Waals surface area contributed by atoms with Crippen molar-refractivity contribution < 1.29 is 9.90 Å². The van der Waals surface area contributed by atoms with Crippen LogP contribution in [0.4, 0.5) is 4.79 Å². The number of aliphatic hydroxyl groups excluding tert-OH is 1. The number of hydrogen-bond acceptors (Lipinski definition) is 2. The molecule has 1 fully saturated rings. The van der Waals surface area contributed by atoms with Gasteiger partial charge in [0.1, 0.15) is 0 Å². The predicted molar refractivity (Wildman–Crippen MR) is 82.1 cm³/mol. The highest BCUT2D eigenvalue weighted by Gasteiger charge is 2.42. The van der Waals surface area contributed by atoms with E-state index >= 15 is 0 Å². The Morgan fingerprint density at radius 1 is 1.38 bits per heavy atom. The molecule has 2 amide bonds. The van der Waals surface area contributed by atoms with E-state index in [9.17, 15) is 9.90 Å². The summed E-state index contributed by atoms with van der Waals surface area (Å²) in [7, 11) is 0. The van der Waals surface area contributed by atoms with E-state index in [0.717, 1.165) is 25.7 Å². The van der Waals surface area contributed by atoms with Gasteiger partial charge in [-0.2, -0.15) is 0 Å². The van der Waals surface area contributed by atoms with Gasteiger partial charge in [-0.15, -0.1) is 0 Å². The van der Waals surface area contributed by atoms with Crippen LogP contribution in [-0.2, 0) is 6.42 Å². The number of carbonyl (C=O) groups is 1. The van der Waals surface area contributed by atoms with Crippen LogP contribution in [0, 0.1) is 12.8 Å². The first kappa shape index (κ1) is 14.4. The van der Waals surface area contributed by atoms with Crippen LogP contribution in [-0.4, -0.2) is 23.3 Å². The van der Waals surface area contributed by atoms with Crippen molar-refractivity contribution in [3.8, 4) is 0 Å². The highest BCUT2D eigenvalue weighted by Crippen LogP contribution is 2.39. The van der Waals surface area contributed by atoms with Crippen LogP contribution in [0.15, 0.2) is 18.2 Å². The summed E-state index contributed by atoms with van der Waals surface area (Å²) in [5.41, 5.74) is 3.42. The van der Waals surface area contributed by atoms with E-state index in [1.807, 2.05) is 13.0 Å². The molecule has 2 aliphatic rings. The van der Waals surface area contributed by atoms with Crippen molar-refractivity contribution in [1.82, 2.24) is 10.6 Å². The fourth-order valence-electron chi connectivity index (χ4n) is 3.43. The maximum atomic E-state index is 12.3. The molecule has 1 aromatic rings. The third kappa shape index (κ3) is 2.77. The largest absolute Gasteiger partial charge is 0.394 e. The molecule has 0 spiro atoms. The second kappa shape index (κ2) is 5.34. The number of nitrogens with one attached hydrogen (secondary N) is 2. The molecular formula is C17H24N2O2. The fraction of sp³-hybridized carbons (Fsp3) is 0.588. The smallest absolute Gasteiger partial charge is 0.315 e. The first-order chi connectivity index (χ1) is 10.0. The molecule has 114 valence electrons. The zero-order valence-corrected chi connectivity index (χ0v) is 12.8. The van der Waals surface area contributed by atoms with Crippen molar-refractivity contribution in [3.05, 3.63) is 34.9 Å². The minimum absolute atomic E-state index is 0.00848. The van der Waals surface area contributed by atoms with Crippen LogP contribution in [0.1, 0.15) is 48.9 Å². The molecule has 0 saturated heterocycles. The lowest BCUT2D eigenvalue weighted by Gasteiger charge is -2.29. The van der Waals surface area contributed by atoms with Crippen LogP contribution in [0.2, 0.25) is 0 Å². The Balaban J connectivity index is 1.66. The summed E-state index contributed by atoms with van der Waals surface area (Å²) in [5, 5.41) is 15.6. The normalized spacial score (nSPS) is 23.3. The van der Waals surface area contributed by atoms with Gasteiger partial charge in [-0.25, -0.2) is 4.79 Å². The third-order valence-electron chi connectivity index (χ3n) is 5.02. The van der Waals surface area contributed by atoms with Crippen molar-refractivity contribution in [3.63, 3.8) is 0 Å². The molecule has 3 rings (SSSR count). The average Bonchev–Trinajstić information content (AvgIpc) is 3.23. The van der Waals surface area contributed by atoms with Crippen LogP contribution < -0.4 is 10.6 Å². The van der Waals surface area contributed by atoms with Crippen molar-refractivity contribution in [2.75, 3.05) is 6.61 Å². The second-order valence-electron chi connectivity index (χ2n) is 6.68. The van der Waals surface area contributed by atoms with Gasteiger partial charge in [0.2, 0.25) is 0 Å². The monoisotopic (exact) mass is 288 g/mol. The minimum atomic E-state index is -0.488. The average molecular weight is 288 g/mol. The van der Waals surface area contributed by atoms with Crippen molar-refractivity contribution in [1.29, 1.82) is 0 Å². The zero-order chi connectivity index (χ0) is 15.0. The van der Waals surface area contributed by atoms with Gasteiger partial charge in [-0.05, 0) is 62.1 Å². The summed E-state index contributed by atoms with van der Waals surface area (Å²) in [4.78, 5) is 12.3. The standard InChI is InChI=1S/C17H24N2O2/c1-11-4-3-5-14-13(11)8-9-15(14)18-16(21)19-17(2,10-20)12-6-7-12/h3-5,12,15,20H,6-10H2,1-2H3,(H2,18,19,21)/t15-,17-/m1/s1. The van der Waals surface area contributed by atoms with Gasteiger partial charge < -0.3 is 15.7 Å². The summed E-state index contributed by atoms with van der Waals surface area (Å²) in [6, 6.07) is 6.19. The summed E-state index contributed by atoms with van der Waals surface area (Å²) in [6.45, 7) is 4.04. The molecular weight excluding hydrogens is 264 g/mol. The van der Waals surface area contributed by atoms with Crippen molar-refractivity contribution in [2.45, 2.75) is 51.1 Å². The number of benzene rings is 1. The molecule has 2 aliphatic carbocycles. The fourth-order valence-corrected chi connectivity index (χ4v) is 3.43. The highest BCUT2D eigenvalue weighted by molar-refractivity contribution is 5.75. The summed E-state index contributed by atoms with van der Waals surface area (Å²) < 4.78 is 0. The van der Waals surface area contributed by atoms with Crippen LogP contribution in [0.3, 0.4) is 0 Å². The number of aliphatic hydroxyl groups is 1. The number of hydrogen-bond donors (Lipinski definition) is 3. The molecule has 21 heavy (non-hydrogen) atoms. The maximum absolute atomic E-state index is 12.3. The first-order valence-corrected chi connectivity index (χ1v) is 7.81. The molecule has 0 heterocycles. The number of fused-ring (bicyclic) bond motifs is 1. The van der Waals surface area contributed by atoms with Crippen LogP contribution in [0.25, 0.3) is 0 Å². The van der Waals surface area contributed by atoms with Crippen molar-refractivity contribution >= 4 is 6.03 Å². The Morgan fingerprint density at radius 3 is 2.81 bits per heavy atom. The quantitative estimate of drug-likeness (QED) is 0.797. The Labute approximate surface area is 125 Å². The van der Waals surface area contributed by atoms with Gasteiger partial charge in [0, 0.05) is 0 Å². The van der Waals surface area contributed by atoms with E-state index in [1.54, 1.807) is 0 Å². The lowest BCUT2D eigenvalue weighted by molar-refractivity contribution is 0.154. The number of rotatable bonds is 4. The van der Waals surface area contributed by atoms with Gasteiger partial charge >= 0.3 is 6.03 Å². The van der Waals surface area contributed by atoms with Crippen LogP contribution >= 0.6 is 0 Å². The molecule has 2 atom stereocenters. The Hall–Kier alpha value is -1.55. The Kier molecular flexibility index (Phi) is 3.66. The van der Waals surface area contributed by atoms with Gasteiger partial charge in [0.05, 0.1) is 18.2 Å². The molecule has 0 bridgehead atoms. The molecule has 3 N–H and O–H groups in total. The molecule has 0 radical (unpaired) electrons. The molecule has 4 nitrogen and oxygen atoms in total. The predicted octanol–water partition coefficient (Wildman–Crippen LogP) is 2.44. The second-order valence-corrected chi connectivity index (χ2v) is 6.68. The zero-order valence-electron chi connectivity index (χ0n) is 12.8. The van der Waals surface area contributed by atoms with Crippen molar-refractivity contribution in [2.24, 2.45) is 5.92 Å². The Morgan fingerprint density at radius 2 is 2.14 bits per heavy atom. The van der Waals surface area contributed by atoms with Gasteiger partial charge in [-0.3, -0.25) is 0 Å². The summed E-state index contributed by atoms with van der Waals surface area (Å²) >= 11 is 0. The Bertz CT molecular complexity index is 554. The van der Waals surface area contributed by atoms with E-state index in [1.165, 1.54) is 16.7 Å². The topological polar surface area (TPSA) is 61.4 Å². The lowest BCUT2D eigenvalue weighted by Crippen LogP contribution is -2.54. The van der Waals surface area contributed by atoms with E-state index in [4.69, 9.17) is 0 Å². The lowest BCUT2D eigenvalue weighted by atomic mass is 9.97. The SMILES string of the molecule is Cc1cccc2c1CC[C@H]2NC(=O)N[C@](C)(CO)C1CC1. The molecule has 1 saturated carbocycles. The maximum Gasteiger partial charge on any atom is 0.315 e. The molecule has 0 aromatic heterocycles. The highest BCUT2D eigenvalue weighted by atomic mass is 16.3. The minimum Gasteiger partial charge on any atom is -0.394 e. The molecule has 0 aliphatic heterocycles. The molecule has 0 unspecified atom stereocenters. The van der Waals surface area contributed by atoms with Crippen LogP contribution in [0.5, 0.6) is 0 Å². The summed E-state index contributed by atoms with van der Waals surface area (Å²) in [5.74, 6) is 0.409. The van der Waals surface area contributed by atoms with Gasteiger partial charge in [0.15, 0.2) is 0 Å². The number of amides is 2. The van der Waals surface area contributed by atoms with E-state index in [0.29, 0.717) is 5.92 Å². The van der Waals surface area contributed by atoms with Gasteiger partial charge in [-0.1, -0.05) is 18.2 Å². The molecule has 1 aromatic carbocycles. The van der Waals surface area contributed by atoms with E-state index in [-0.39, 0.29) is 18.7 Å². The number of carbonyl (C=O) groups excluding carboxylic acids is 1. The first-order valence-electron chi connectivity index (χ1n) is 7.81. The summed E-state index contributed by atoms with van der Waals surface area (Å²) in [6.07, 6.45) is 4.14. The van der Waals surface area contributed by atoms with E-state index in [2.05, 4.69) is 29.7 Å². The molecule has 4 heteroatoms. The van der Waals surface area contributed by atoms with E-state index < -0.39 is 5.54 Å². The number of urea groups is 1. The van der Waals surface area contributed by atoms with Gasteiger partial charge in [0.25, 0.3) is 0 Å². The third-order valence-corrected chi connectivity index (χ3v) is 5.02.